The number of carbonyl (C=O) groups is 3. The van der Waals surface area contributed by atoms with Crippen molar-refractivity contribution in [2.75, 3.05) is 31.1 Å². The molecule has 0 aromatic heterocycles. The first-order valence-corrected chi connectivity index (χ1v) is 11.7. The summed E-state index contributed by atoms with van der Waals surface area (Å²) in [4.78, 5) is 40.2. The van der Waals surface area contributed by atoms with Crippen molar-refractivity contribution in [3.8, 4) is 0 Å². The van der Waals surface area contributed by atoms with E-state index >= 15 is 0 Å². The lowest BCUT2D eigenvalue weighted by Gasteiger charge is -2.36. The van der Waals surface area contributed by atoms with E-state index < -0.39 is 18.1 Å². The van der Waals surface area contributed by atoms with Gasteiger partial charge in [0.2, 0.25) is 5.91 Å². The summed E-state index contributed by atoms with van der Waals surface area (Å²) in [6.07, 6.45) is -0.773. The van der Waals surface area contributed by atoms with Gasteiger partial charge in [0, 0.05) is 38.3 Å². The number of amides is 2. The molecular formula is C26H33N3O5. The maximum atomic E-state index is 12.7. The molecule has 0 saturated carbocycles. The number of aliphatic carboxylic acids is 1. The van der Waals surface area contributed by atoms with Crippen molar-refractivity contribution in [2.24, 2.45) is 0 Å². The number of carboxylic acid groups (broad SMARTS) is 1. The summed E-state index contributed by atoms with van der Waals surface area (Å²) in [5, 5.41) is 11.8. The third-order valence-electron chi connectivity index (χ3n) is 6.01. The molecule has 1 fully saturated rings. The Morgan fingerprint density at radius 1 is 0.971 bits per heavy atom. The minimum absolute atomic E-state index is 0.00544. The zero-order valence-electron chi connectivity index (χ0n) is 19.8. The second-order valence-corrected chi connectivity index (χ2v) is 8.75. The largest absolute Gasteiger partial charge is 0.480 e. The van der Waals surface area contributed by atoms with Crippen LogP contribution in [-0.4, -0.2) is 60.2 Å². The third kappa shape index (κ3) is 7.23. The van der Waals surface area contributed by atoms with Crippen LogP contribution in [0.1, 0.15) is 43.7 Å². The predicted molar refractivity (Wildman–Crippen MR) is 130 cm³/mol. The van der Waals surface area contributed by atoms with E-state index in [0.717, 1.165) is 24.3 Å². The number of alkyl carbamates (subject to hydrolysis) is 1. The van der Waals surface area contributed by atoms with Crippen LogP contribution in [-0.2, 0) is 20.9 Å². The van der Waals surface area contributed by atoms with Crippen molar-refractivity contribution in [3.63, 3.8) is 0 Å². The Bertz CT molecular complexity index is 954. The number of benzene rings is 2. The highest BCUT2D eigenvalue weighted by Crippen LogP contribution is 2.21. The van der Waals surface area contributed by atoms with E-state index in [1.54, 1.807) is 17.0 Å². The second kappa shape index (κ2) is 12.1. The van der Waals surface area contributed by atoms with Crippen molar-refractivity contribution in [3.05, 3.63) is 65.7 Å². The van der Waals surface area contributed by atoms with Crippen LogP contribution in [0.4, 0.5) is 10.5 Å². The molecular weight excluding hydrogens is 434 g/mol. The van der Waals surface area contributed by atoms with E-state index in [2.05, 4.69) is 48.3 Å². The summed E-state index contributed by atoms with van der Waals surface area (Å²) < 4.78 is 5.09. The van der Waals surface area contributed by atoms with Gasteiger partial charge in [0.25, 0.3) is 0 Å². The lowest BCUT2D eigenvalue weighted by molar-refractivity contribution is -0.140. The molecule has 0 unspecified atom stereocenters. The van der Waals surface area contributed by atoms with Gasteiger partial charge in [-0.3, -0.25) is 4.79 Å². The lowest BCUT2D eigenvalue weighted by atomic mass is 10.0. The number of rotatable bonds is 9. The molecule has 0 aliphatic carbocycles. The molecule has 2 aromatic carbocycles. The Morgan fingerprint density at radius 3 is 2.21 bits per heavy atom. The molecule has 34 heavy (non-hydrogen) atoms. The summed E-state index contributed by atoms with van der Waals surface area (Å²) in [7, 11) is 0. The highest BCUT2D eigenvalue weighted by Gasteiger charge is 2.25. The van der Waals surface area contributed by atoms with Gasteiger partial charge in [-0.1, -0.05) is 56.3 Å². The molecule has 1 heterocycles. The van der Waals surface area contributed by atoms with Crippen molar-refractivity contribution in [2.45, 2.75) is 45.3 Å². The first-order chi connectivity index (χ1) is 16.3. The first-order valence-electron chi connectivity index (χ1n) is 11.7. The fourth-order valence-electron chi connectivity index (χ4n) is 3.87. The quantitative estimate of drug-likeness (QED) is 0.584. The zero-order valence-corrected chi connectivity index (χ0v) is 19.8. The molecule has 0 radical (unpaired) electrons. The average Bonchev–Trinajstić information content (AvgIpc) is 2.85. The van der Waals surface area contributed by atoms with Gasteiger partial charge < -0.3 is 25.0 Å². The molecule has 0 spiro atoms. The van der Waals surface area contributed by atoms with Crippen molar-refractivity contribution < 1.29 is 24.2 Å². The number of piperazine rings is 1. The maximum absolute atomic E-state index is 12.7. The fourth-order valence-corrected chi connectivity index (χ4v) is 3.87. The van der Waals surface area contributed by atoms with Crippen molar-refractivity contribution in [1.29, 1.82) is 0 Å². The number of ether oxygens (including phenoxy) is 1. The van der Waals surface area contributed by atoms with Crippen LogP contribution in [0, 0.1) is 0 Å². The van der Waals surface area contributed by atoms with Gasteiger partial charge in [0.15, 0.2) is 0 Å². The van der Waals surface area contributed by atoms with Crippen LogP contribution in [0.2, 0.25) is 0 Å². The lowest BCUT2D eigenvalue weighted by Crippen LogP contribution is -2.49. The van der Waals surface area contributed by atoms with Gasteiger partial charge in [-0.05, 0) is 35.6 Å². The van der Waals surface area contributed by atoms with Gasteiger partial charge in [0.05, 0.1) is 0 Å². The molecule has 3 rings (SSSR count). The highest BCUT2D eigenvalue weighted by molar-refractivity contribution is 5.82. The molecule has 1 atom stereocenters. The van der Waals surface area contributed by atoms with Crippen LogP contribution in [0.3, 0.4) is 0 Å². The normalized spacial score (nSPS) is 14.6. The van der Waals surface area contributed by atoms with Crippen molar-refractivity contribution in [1.82, 2.24) is 10.2 Å². The summed E-state index contributed by atoms with van der Waals surface area (Å²) in [6, 6.07) is 16.4. The van der Waals surface area contributed by atoms with E-state index in [4.69, 9.17) is 4.74 Å². The zero-order chi connectivity index (χ0) is 24.5. The molecule has 2 aromatic rings. The van der Waals surface area contributed by atoms with Crippen LogP contribution in [0.5, 0.6) is 0 Å². The monoisotopic (exact) mass is 467 g/mol. The van der Waals surface area contributed by atoms with Crippen LogP contribution in [0.25, 0.3) is 0 Å². The number of nitrogens with zero attached hydrogens (tertiary/aromatic N) is 2. The van der Waals surface area contributed by atoms with Gasteiger partial charge in [-0.15, -0.1) is 0 Å². The minimum atomic E-state index is -1.20. The topological polar surface area (TPSA) is 99.2 Å². The molecule has 8 heteroatoms. The Kier molecular flexibility index (Phi) is 8.90. The molecule has 8 nitrogen and oxygen atoms in total. The molecule has 1 aliphatic rings. The maximum Gasteiger partial charge on any atom is 0.408 e. The third-order valence-corrected chi connectivity index (χ3v) is 6.01. The van der Waals surface area contributed by atoms with E-state index in [1.165, 1.54) is 5.56 Å². The van der Waals surface area contributed by atoms with E-state index in [-0.39, 0.29) is 25.4 Å². The second-order valence-electron chi connectivity index (χ2n) is 8.75. The number of nitrogens with one attached hydrogen (secondary N) is 1. The highest BCUT2D eigenvalue weighted by atomic mass is 16.5. The van der Waals surface area contributed by atoms with Crippen LogP contribution < -0.4 is 10.2 Å². The molecule has 1 saturated heterocycles. The SMILES string of the molecule is CC(C)c1ccc(N2CCN(C(=O)CC[C@H](NC(=O)OCc3ccccc3)C(=O)O)CC2)cc1. The number of carboxylic acids is 1. The summed E-state index contributed by atoms with van der Waals surface area (Å²) in [6.45, 7) is 6.97. The Labute approximate surface area is 200 Å². The minimum Gasteiger partial charge on any atom is -0.480 e. The van der Waals surface area contributed by atoms with Gasteiger partial charge in [-0.25, -0.2) is 9.59 Å². The molecule has 0 bridgehead atoms. The summed E-state index contributed by atoms with van der Waals surface area (Å²) in [5.74, 6) is -0.821. The number of anilines is 1. The Hall–Kier alpha value is -3.55. The van der Waals surface area contributed by atoms with Gasteiger partial charge >= 0.3 is 12.1 Å². The predicted octanol–water partition coefficient (Wildman–Crippen LogP) is 3.62. The average molecular weight is 468 g/mol. The van der Waals surface area contributed by atoms with Crippen LogP contribution >= 0.6 is 0 Å². The van der Waals surface area contributed by atoms with Crippen molar-refractivity contribution >= 4 is 23.7 Å². The van der Waals surface area contributed by atoms with E-state index in [9.17, 15) is 19.5 Å². The standard InChI is InChI=1S/C26H33N3O5/c1-19(2)21-8-10-22(11-9-21)28-14-16-29(17-15-28)24(30)13-12-23(25(31)32)27-26(33)34-18-20-6-4-3-5-7-20/h3-11,19,23H,12-18H2,1-2H3,(H,27,33)(H,31,32)/t23-/m0/s1. The van der Waals surface area contributed by atoms with Crippen LogP contribution in [0.15, 0.2) is 54.6 Å². The molecule has 2 amide bonds. The summed E-state index contributed by atoms with van der Waals surface area (Å²) >= 11 is 0. The first kappa shape index (κ1) is 25.1. The molecule has 1 aliphatic heterocycles. The Morgan fingerprint density at radius 2 is 1.62 bits per heavy atom. The van der Waals surface area contributed by atoms with Gasteiger partial charge in [0.1, 0.15) is 12.6 Å². The summed E-state index contributed by atoms with van der Waals surface area (Å²) in [5.41, 5.74) is 3.23. The Balaban J connectivity index is 1.42. The number of hydrogen-bond acceptors (Lipinski definition) is 5. The number of hydrogen-bond donors (Lipinski definition) is 2. The van der Waals surface area contributed by atoms with E-state index in [0.29, 0.717) is 19.0 Å². The molecule has 2 N–H and O–H groups in total. The number of carbonyl (C=O) groups excluding carboxylic acids is 2. The van der Waals surface area contributed by atoms with Gasteiger partial charge in [-0.2, -0.15) is 0 Å². The molecule has 182 valence electrons. The smallest absolute Gasteiger partial charge is 0.408 e. The fraction of sp³-hybridized carbons (Fsp3) is 0.423. The van der Waals surface area contributed by atoms with E-state index in [1.807, 2.05) is 18.2 Å².